The highest BCUT2D eigenvalue weighted by molar-refractivity contribution is 6.32. The summed E-state index contributed by atoms with van der Waals surface area (Å²) in [6.07, 6.45) is 0. The van der Waals surface area contributed by atoms with Crippen molar-refractivity contribution in [3.8, 4) is 11.5 Å². The third-order valence-corrected chi connectivity index (χ3v) is 4.62. The predicted molar refractivity (Wildman–Crippen MR) is 104 cm³/mol. The molecule has 0 heterocycles. The standard InChI is InChI=1S/C20H19ClN2O3/c1-12-9-14(10-13(2)19(12)21)26-11-22-20(25)23-17-7-3-6-16-15(17)5-4-8-18(16)24/h3-10,24H,11H2,1-2H3,(H2,22,23,25). The van der Waals surface area contributed by atoms with E-state index >= 15 is 0 Å². The SMILES string of the molecule is Cc1cc(OCNC(=O)Nc2cccc3c(O)cccc23)cc(C)c1Cl. The first-order valence-electron chi connectivity index (χ1n) is 8.11. The van der Waals surface area contributed by atoms with E-state index in [1.807, 2.05) is 32.0 Å². The highest BCUT2D eigenvalue weighted by atomic mass is 35.5. The van der Waals surface area contributed by atoms with Crippen LogP contribution in [0.15, 0.2) is 48.5 Å². The van der Waals surface area contributed by atoms with Gasteiger partial charge >= 0.3 is 6.03 Å². The normalized spacial score (nSPS) is 10.6. The number of hydrogen-bond acceptors (Lipinski definition) is 3. The number of rotatable bonds is 4. The van der Waals surface area contributed by atoms with Crippen LogP contribution in [0, 0.1) is 13.8 Å². The lowest BCUT2D eigenvalue weighted by Gasteiger charge is -2.13. The van der Waals surface area contributed by atoms with Crippen molar-refractivity contribution in [1.82, 2.24) is 5.32 Å². The summed E-state index contributed by atoms with van der Waals surface area (Å²) in [7, 11) is 0. The minimum Gasteiger partial charge on any atom is -0.507 e. The summed E-state index contributed by atoms with van der Waals surface area (Å²) in [5.41, 5.74) is 2.44. The van der Waals surface area contributed by atoms with Gasteiger partial charge in [0.25, 0.3) is 0 Å². The van der Waals surface area contributed by atoms with E-state index in [9.17, 15) is 9.90 Å². The molecule has 0 saturated carbocycles. The van der Waals surface area contributed by atoms with Gasteiger partial charge in [0.05, 0.1) is 5.69 Å². The number of carbonyl (C=O) groups excluding carboxylic acids is 1. The molecular weight excluding hydrogens is 352 g/mol. The molecule has 0 aliphatic carbocycles. The fraction of sp³-hybridized carbons (Fsp3) is 0.150. The van der Waals surface area contributed by atoms with Gasteiger partial charge in [-0.05, 0) is 49.2 Å². The number of phenolic OH excluding ortho intramolecular Hbond substituents is 1. The Hall–Kier alpha value is -2.92. The van der Waals surface area contributed by atoms with Crippen molar-refractivity contribution in [1.29, 1.82) is 0 Å². The molecule has 3 rings (SSSR count). The van der Waals surface area contributed by atoms with Gasteiger partial charge in [-0.25, -0.2) is 4.79 Å². The van der Waals surface area contributed by atoms with Crippen LogP contribution in [0.3, 0.4) is 0 Å². The van der Waals surface area contributed by atoms with Gasteiger partial charge in [-0.2, -0.15) is 0 Å². The third kappa shape index (κ3) is 3.83. The second kappa shape index (κ2) is 7.54. The quantitative estimate of drug-likeness (QED) is 0.567. The number of fused-ring (bicyclic) bond motifs is 1. The van der Waals surface area contributed by atoms with Gasteiger partial charge in [0.2, 0.25) is 0 Å². The summed E-state index contributed by atoms with van der Waals surface area (Å²) in [6.45, 7) is 3.82. The molecule has 0 fully saturated rings. The summed E-state index contributed by atoms with van der Waals surface area (Å²) in [6, 6.07) is 13.8. The van der Waals surface area contributed by atoms with Crippen LogP contribution in [0.1, 0.15) is 11.1 Å². The molecule has 5 nitrogen and oxygen atoms in total. The smallest absolute Gasteiger partial charge is 0.321 e. The Morgan fingerprint density at radius 1 is 1.08 bits per heavy atom. The maximum atomic E-state index is 12.1. The molecule has 6 heteroatoms. The summed E-state index contributed by atoms with van der Waals surface area (Å²) in [5.74, 6) is 0.808. The zero-order valence-electron chi connectivity index (χ0n) is 14.5. The Balaban J connectivity index is 1.63. The maximum Gasteiger partial charge on any atom is 0.321 e. The van der Waals surface area contributed by atoms with Crippen LogP contribution in [0.5, 0.6) is 11.5 Å². The Kier molecular flexibility index (Phi) is 5.19. The van der Waals surface area contributed by atoms with Crippen LogP contribution in [-0.4, -0.2) is 17.9 Å². The van der Waals surface area contributed by atoms with Crippen molar-refractivity contribution in [2.45, 2.75) is 13.8 Å². The topological polar surface area (TPSA) is 70.6 Å². The molecule has 0 atom stereocenters. The number of nitrogens with one attached hydrogen (secondary N) is 2. The molecule has 2 amide bonds. The second-order valence-corrected chi connectivity index (χ2v) is 6.35. The van der Waals surface area contributed by atoms with Crippen LogP contribution >= 0.6 is 11.6 Å². The number of anilines is 1. The number of ether oxygens (including phenoxy) is 1. The van der Waals surface area contributed by atoms with Crippen molar-refractivity contribution in [3.63, 3.8) is 0 Å². The maximum absolute atomic E-state index is 12.1. The van der Waals surface area contributed by atoms with Crippen LogP contribution < -0.4 is 15.4 Å². The van der Waals surface area contributed by atoms with Crippen molar-refractivity contribution in [2.24, 2.45) is 0 Å². The predicted octanol–water partition coefficient (Wildman–Crippen LogP) is 4.97. The highest BCUT2D eigenvalue weighted by Gasteiger charge is 2.08. The Morgan fingerprint density at radius 2 is 1.73 bits per heavy atom. The second-order valence-electron chi connectivity index (χ2n) is 5.97. The van der Waals surface area contributed by atoms with E-state index in [0.29, 0.717) is 21.8 Å². The van der Waals surface area contributed by atoms with E-state index in [2.05, 4.69) is 10.6 Å². The number of aromatic hydroxyl groups is 1. The minimum absolute atomic E-state index is 0.0162. The van der Waals surface area contributed by atoms with Gasteiger partial charge in [-0.15, -0.1) is 0 Å². The summed E-state index contributed by atoms with van der Waals surface area (Å²) in [4.78, 5) is 12.1. The van der Waals surface area contributed by atoms with Crippen molar-refractivity contribution >= 4 is 34.1 Å². The number of phenols is 1. The molecule has 26 heavy (non-hydrogen) atoms. The lowest BCUT2D eigenvalue weighted by molar-refractivity contribution is 0.234. The molecule has 0 saturated heterocycles. The number of urea groups is 1. The van der Waals surface area contributed by atoms with Gasteiger partial charge in [0.15, 0.2) is 6.73 Å². The van der Waals surface area contributed by atoms with Crippen LogP contribution in [0.4, 0.5) is 10.5 Å². The molecule has 0 spiro atoms. The largest absolute Gasteiger partial charge is 0.507 e. The van der Waals surface area contributed by atoms with E-state index in [0.717, 1.165) is 16.5 Å². The highest BCUT2D eigenvalue weighted by Crippen LogP contribution is 2.29. The average Bonchev–Trinajstić information content (AvgIpc) is 2.60. The molecule has 3 aromatic rings. The first-order valence-corrected chi connectivity index (χ1v) is 8.48. The molecule has 0 aromatic heterocycles. The van der Waals surface area contributed by atoms with Crippen molar-refractivity contribution in [3.05, 3.63) is 64.7 Å². The fourth-order valence-corrected chi connectivity index (χ4v) is 2.85. The molecule has 3 aromatic carbocycles. The molecule has 0 aliphatic rings. The Bertz CT molecular complexity index is 949. The lowest BCUT2D eigenvalue weighted by Crippen LogP contribution is -2.32. The number of hydrogen-bond donors (Lipinski definition) is 3. The van der Waals surface area contributed by atoms with Crippen LogP contribution in [0.2, 0.25) is 5.02 Å². The molecule has 0 bridgehead atoms. The summed E-state index contributed by atoms with van der Waals surface area (Å²) in [5, 5.41) is 17.5. The fourth-order valence-electron chi connectivity index (χ4n) is 2.74. The van der Waals surface area contributed by atoms with Crippen LogP contribution in [-0.2, 0) is 0 Å². The van der Waals surface area contributed by atoms with E-state index < -0.39 is 6.03 Å². The first kappa shape index (κ1) is 17.9. The first-order chi connectivity index (χ1) is 12.5. The molecular formula is C20H19ClN2O3. The average molecular weight is 371 g/mol. The zero-order chi connectivity index (χ0) is 18.7. The molecule has 134 valence electrons. The van der Waals surface area contributed by atoms with Crippen molar-refractivity contribution < 1.29 is 14.6 Å². The van der Waals surface area contributed by atoms with E-state index in [-0.39, 0.29) is 12.5 Å². The van der Waals surface area contributed by atoms with Crippen molar-refractivity contribution in [2.75, 3.05) is 12.0 Å². The number of aryl methyl sites for hydroxylation is 2. The lowest BCUT2D eigenvalue weighted by atomic mass is 10.1. The van der Waals surface area contributed by atoms with Crippen LogP contribution in [0.25, 0.3) is 10.8 Å². The summed E-state index contributed by atoms with van der Waals surface area (Å²) >= 11 is 6.13. The number of halogens is 1. The number of benzene rings is 3. The van der Waals surface area contributed by atoms with Gasteiger partial charge in [0, 0.05) is 15.8 Å². The molecule has 3 N–H and O–H groups in total. The van der Waals surface area contributed by atoms with E-state index in [1.165, 1.54) is 0 Å². The molecule has 0 unspecified atom stereocenters. The van der Waals surface area contributed by atoms with Gasteiger partial charge in [-0.1, -0.05) is 35.9 Å². The third-order valence-electron chi connectivity index (χ3n) is 4.03. The van der Waals surface area contributed by atoms with Gasteiger partial charge < -0.3 is 20.5 Å². The Labute approximate surface area is 156 Å². The van der Waals surface area contributed by atoms with Gasteiger partial charge in [0.1, 0.15) is 11.5 Å². The van der Waals surface area contributed by atoms with E-state index in [4.69, 9.17) is 16.3 Å². The zero-order valence-corrected chi connectivity index (χ0v) is 15.2. The van der Waals surface area contributed by atoms with Gasteiger partial charge in [-0.3, -0.25) is 0 Å². The summed E-state index contributed by atoms with van der Waals surface area (Å²) < 4.78 is 5.57. The van der Waals surface area contributed by atoms with E-state index in [1.54, 1.807) is 30.3 Å². The number of amides is 2. The number of carbonyl (C=O) groups is 1. The minimum atomic E-state index is -0.400. The molecule has 0 aliphatic heterocycles. The molecule has 0 radical (unpaired) electrons. The monoisotopic (exact) mass is 370 g/mol. The Morgan fingerprint density at radius 3 is 2.46 bits per heavy atom.